The number of nitrogens with one attached hydrogen (secondary N) is 1. The maximum atomic E-state index is 12.3. The van der Waals surface area contributed by atoms with E-state index >= 15 is 0 Å². The number of aromatic amines is 1. The van der Waals surface area contributed by atoms with E-state index in [9.17, 15) is 4.79 Å². The standard InChI is InChI=1S/C12H7BrN4O/c13-10-5-7(1-4-15-10)12(18)11-8-6-14-3-2-9(8)16-17-11/h1-6H,(H,16,17). The SMILES string of the molecule is O=C(c1ccnc(Br)c1)c1n[nH]c2ccncc12. The third-order valence-corrected chi connectivity index (χ3v) is 3.00. The normalized spacial score (nSPS) is 10.7. The lowest BCUT2D eigenvalue weighted by atomic mass is 10.1. The molecular formula is C12H7BrN4O. The number of hydrogen-bond acceptors (Lipinski definition) is 4. The molecule has 0 bridgehead atoms. The minimum atomic E-state index is -0.155. The molecule has 0 aliphatic rings. The smallest absolute Gasteiger partial charge is 0.214 e. The summed E-state index contributed by atoms with van der Waals surface area (Å²) in [7, 11) is 0. The van der Waals surface area contributed by atoms with Crippen LogP contribution in [-0.2, 0) is 0 Å². The van der Waals surface area contributed by atoms with Crippen molar-refractivity contribution in [1.82, 2.24) is 20.2 Å². The van der Waals surface area contributed by atoms with Crippen LogP contribution in [-0.4, -0.2) is 25.9 Å². The molecule has 3 rings (SSSR count). The molecule has 0 aromatic carbocycles. The van der Waals surface area contributed by atoms with Crippen molar-refractivity contribution >= 4 is 32.6 Å². The Kier molecular flexibility index (Phi) is 2.64. The molecule has 3 heterocycles. The second-order valence-electron chi connectivity index (χ2n) is 3.69. The van der Waals surface area contributed by atoms with Crippen molar-refractivity contribution in [2.75, 3.05) is 0 Å². The second-order valence-corrected chi connectivity index (χ2v) is 4.50. The van der Waals surface area contributed by atoms with Gasteiger partial charge in [-0.3, -0.25) is 14.9 Å². The average Bonchev–Trinajstić information content (AvgIpc) is 2.82. The number of rotatable bonds is 2. The Morgan fingerprint density at radius 3 is 3.00 bits per heavy atom. The van der Waals surface area contributed by atoms with Crippen LogP contribution in [0.5, 0.6) is 0 Å². The topological polar surface area (TPSA) is 71.5 Å². The average molecular weight is 303 g/mol. The Bertz CT molecular complexity index is 738. The molecule has 3 aromatic heterocycles. The van der Waals surface area contributed by atoms with E-state index in [1.54, 1.807) is 36.8 Å². The summed E-state index contributed by atoms with van der Waals surface area (Å²) in [4.78, 5) is 20.3. The number of carbonyl (C=O) groups is 1. The van der Waals surface area contributed by atoms with Crippen LogP contribution in [0.2, 0.25) is 0 Å². The van der Waals surface area contributed by atoms with Crippen LogP contribution >= 0.6 is 15.9 Å². The van der Waals surface area contributed by atoms with E-state index in [1.165, 1.54) is 0 Å². The summed E-state index contributed by atoms with van der Waals surface area (Å²) in [5.41, 5.74) is 1.70. The number of halogens is 1. The van der Waals surface area contributed by atoms with Crippen molar-refractivity contribution in [2.24, 2.45) is 0 Å². The van der Waals surface area contributed by atoms with Gasteiger partial charge in [-0.2, -0.15) is 5.10 Å². The predicted octanol–water partition coefficient (Wildman–Crippen LogP) is 2.35. The van der Waals surface area contributed by atoms with Crippen LogP contribution in [0.25, 0.3) is 10.9 Å². The van der Waals surface area contributed by atoms with Gasteiger partial charge in [0.15, 0.2) is 0 Å². The minimum absolute atomic E-state index is 0.155. The van der Waals surface area contributed by atoms with E-state index in [1.807, 2.05) is 0 Å². The molecule has 3 aromatic rings. The van der Waals surface area contributed by atoms with Crippen molar-refractivity contribution < 1.29 is 4.79 Å². The third kappa shape index (κ3) is 1.80. The first-order valence-corrected chi connectivity index (χ1v) is 5.99. The zero-order valence-corrected chi connectivity index (χ0v) is 10.7. The lowest BCUT2D eigenvalue weighted by molar-refractivity contribution is 0.103. The van der Waals surface area contributed by atoms with E-state index in [2.05, 4.69) is 36.1 Å². The van der Waals surface area contributed by atoms with Gasteiger partial charge in [-0.25, -0.2) is 4.98 Å². The van der Waals surface area contributed by atoms with Gasteiger partial charge in [-0.05, 0) is 34.1 Å². The molecule has 6 heteroatoms. The predicted molar refractivity (Wildman–Crippen MR) is 69.3 cm³/mol. The summed E-state index contributed by atoms with van der Waals surface area (Å²) in [6.07, 6.45) is 4.85. The fourth-order valence-electron chi connectivity index (χ4n) is 1.71. The molecule has 88 valence electrons. The Labute approximate surface area is 110 Å². The highest BCUT2D eigenvalue weighted by atomic mass is 79.9. The molecule has 0 radical (unpaired) electrons. The summed E-state index contributed by atoms with van der Waals surface area (Å²) in [5.74, 6) is -0.155. The molecule has 0 saturated carbocycles. The number of pyridine rings is 2. The summed E-state index contributed by atoms with van der Waals surface area (Å²) in [5, 5.41) is 7.58. The molecule has 0 spiro atoms. The highest BCUT2D eigenvalue weighted by Gasteiger charge is 2.16. The Balaban J connectivity index is 2.12. The number of aromatic nitrogens is 4. The lowest BCUT2D eigenvalue weighted by Crippen LogP contribution is -2.02. The molecule has 0 fully saturated rings. The zero-order valence-electron chi connectivity index (χ0n) is 9.09. The van der Waals surface area contributed by atoms with Crippen LogP contribution < -0.4 is 0 Å². The van der Waals surface area contributed by atoms with Gasteiger partial charge in [0, 0.05) is 29.5 Å². The summed E-state index contributed by atoms with van der Waals surface area (Å²) >= 11 is 3.24. The van der Waals surface area contributed by atoms with E-state index in [-0.39, 0.29) is 5.78 Å². The molecule has 0 amide bonds. The molecule has 0 unspecified atom stereocenters. The van der Waals surface area contributed by atoms with Crippen LogP contribution in [0.15, 0.2) is 41.4 Å². The minimum Gasteiger partial charge on any atom is -0.287 e. The van der Waals surface area contributed by atoms with Gasteiger partial charge in [0.2, 0.25) is 5.78 Å². The van der Waals surface area contributed by atoms with Gasteiger partial charge < -0.3 is 0 Å². The molecule has 0 atom stereocenters. The van der Waals surface area contributed by atoms with E-state index in [0.29, 0.717) is 15.9 Å². The summed E-state index contributed by atoms with van der Waals surface area (Å²) < 4.78 is 0.617. The first-order valence-electron chi connectivity index (χ1n) is 5.20. The summed E-state index contributed by atoms with van der Waals surface area (Å²) in [6.45, 7) is 0. The van der Waals surface area contributed by atoms with Crippen LogP contribution in [0.1, 0.15) is 16.1 Å². The fourth-order valence-corrected chi connectivity index (χ4v) is 2.08. The third-order valence-electron chi connectivity index (χ3n) is 2.57. The van der Waals surface area contributed by atoms with Gasteiger partial charge in [-0.1, -0.05) is 0 Å². The largest absolute Gasteiger partial charge is 0.287 e. The monoisotopic (exact) mass is 302 g/mol. The van der Waals surface area contributed by atoms with Gasteiger partial charge in [0.1, 0.15) is 10.3 Å². The molecule has 18 heavy (non-hydrogen) atoms. The number of ketones is 1. The van der Waals surface area contributed by atoms with Crippen LogP contribution in [0.3, 0.4) is 0 Å². The van der Waals surface area contributed by atoms with Gasteiger partial charge in [-0.15, -0.1) is 0 Å². The molecule has 0 aliphatic heterocycles. The quantitative estimate of drug-likeness (QED) is 0.582. The van der Waals surface area contributed by atoms with Crippen molar-refractivity contribution in [3.63, 3.8) is 0 Å². The number of hydrogen-bond donors (Lipinski definition) is 1. The van der Waals surface area contributed by atoms with E-state index in [0.717, 1.165) is 10.9 Å². The molecule has 5 nitrogen and oxygen atoms in total. The molecular weight excluding hydrogens is 296 g/mol. The first-order chi connectivity index (χ1) is 8.75. The van der Waals surface area contributed by atoms with Gasteiger partial charge >= 0.3 is 0 Å². The second kappa shape index (κ2) is 4.30. The number of nitrogens with zero attached hydrogens (tertiary/aromatic N) is 3. The van der Waals surface area contributed by atoms with Crippen LogP contribution in [0.4, 0.5) is 0 Å². The van der Waals surface area contributed by atoms with Crippen molar-refractivity contribution in [3.05, 3.63) is 52.7 Å². The lowest BCUT2D eigenvalue weighted by Gasteiger charge is -1.98. The molecule has 1 N–H and O–H groups in total. The molecule has 0 saturated heterocycles. The number of fused-ring (bicyclic) bond motifs is 1. The number of H-pyrrole nitrogens is 1. The van der Waals surface area contributed by atoms with E-state index < -0.39 is 0 Å². The highest BCUT2D eigenvalue weighted by molar-refractivity contribution is 9.10. The van der Waals surface area contributed by atoms with Gasteiger partial charge in [0.05, 0.1) is 5.52 Å². The fraction of sp³-hybridized carbons (Fsp3) is 0. The van der Waals surface area contributed by atoms with Gasteiger partial charge in [0.25, 0.3) is 0 Å². The Hall–Kier alpha value is -2.08. The Morgan fingerprint density at radius 2 is 2.17 bits per heavy atom. The Morgan fingerprint density at radius 1 is 1.28 bits per heavy atom. The highest BCUT2D eigenvalue weighted by Crippen LogP contribution is 2.18. The van der Waals surface area contributed by atoms with Crippen molar-refractivity contribution in [3.8, 4) is 0 Å². The first kappa shape index (κ1) is 11.0. The number of carbonyl (C=O) groups excluding carboxylic acids is 1. The van der Waals surface area contributed by atoms with Crippen molar-refractivity contribution in [2.45, 2.75) is 0 Å². The maximum Gasteiger partial charge on any atom is 0.214 e. The summed E-state index contributed by atoms with van der Waals surface area (Å²) in [6, 6.07) is 5.10. The van der Waals surface area contributed by atoms with Crippen molar-refractivity contribution in [1.29, 1.82) is 0 Å². The maximum absolute atomic E-state index is 12.3. The van der Waals surface area contributed by atoms with E-state index in [4.69, 9.17) is 0 Å². The molecule has 0 aliphatic carbocycles. The zero-order chi connectivity index (χ0) is 12.5. The van der Waals surface area contributed by atoms with Crippen LogP contribution in [0, 0.1) is 0 Å².